The van der Waals surface area contributed by atoms with E-state index in [4.69, 9.17) is 0 Å². The van der Waals surface area contributed by atoms with Gasteiger partial charge in [0.05, 0.1) is 0 Å². The van der Waals surface area contributed by atoms with Crippen LogP contribution in [-0.2, 0) is 14.8 Å². The van der Waals surface area contributed by atoms with Gasteiger partial charge in [-0.25, -0.2) is 12.7 Å². The first kappa shape index (κ1) is 9.85. The van der Waals surface area contributed by atoms with Gasteiger partial charge in [-0.05, 0) is 13.8 Å². The van der Waals surface area contributed by atoms with Gasteiger partial charge < -0.3 is 0 Å². The number of nitrogens with zero attached hydrogens (tertiary/aromatic N) is 1. The third kappa shape index (κ3) is 0.974. The van der Waals surface area contributed by atoms with Crippen LogP contribution in [0.4, 0.5) is 0 Å². The molecule has 1 rings (SSSR count). The van der Waals surface area contributed by atoms with E-state index in [2.05, 4.69) is 12.6 Å². The van der Waals surface area contributed by atoms with E-state index < -0.39 is 14.8 Å². The molecule has 4 nitrogen and oxygen atoms in total. The number of rotatable bonds is 2. The van der Waals surface area contributed by atoms with Gasteiger partial charge in [-0.15, -0.1) is 0 Å². The van der Waals surface area contributed by atoms with Crippen LogP contribution in [0.3, 0.4) is 0 Å². The molecule has 70 valence electrons. The lowest BCUT2D eigenvalue weighted by Crippen LogP contribution is -2.67. The maximum absolute atomic E-state index is 11.3. The Kier molecular flexibility index (Phi) is 2.16. The maximum Gasteiger partial charge on any atom is 0.258 e. The summed E-state index contributed by atoms with van der Waals surface area (Å²) < 4.78 is 22.3. The van der Waals surface area contributed by atoms with Crippen LogP contribution in [0.1, 0.15) is 13.8 Å². The summed E-state index contributed by atoms with van der Waals surface area (Å²) in [6.45, 7) is 3.01. The Labute approximate surface area is 77.4 Å². The largest absolute Gasteiger partial charge is 0.272 e. The molecule has 1 aliphatic rings. The van der Waals surface area contributed by atoms with Gasteiger partial charge in [-0.3, -0.25) is 4.79 Å². The zero-order valence-electron chi connectivity index (χ0n) is 6.94. The summed E-state index contributed by atoms with van der Waals surface area (Å²) in [5, 5.41) is 0. The molecule has 0 aromatic carbocycles. The first-order chi connectivity index (χ1) is 5.35. The summed E-state index contributed by atoms with van der Waals surface area (Å²) in [5.41, 5.74) is 0. The Bertz CT molecular complexity index is 307. The summed E-state index contributed by atoms with van der Waals surface area (Å²) in [6, 6.07) is 0. The van der Waals surface area contributed by atoms with Crippen molar-refractivity contribution in [1.82, 2.24) is 4.31 Å². The second kappa shape index (κ2) is 2.63. The Hall–Kier alpha value is -0.230. The van der Waals surface area contributed by atoms with Gasteiger partial charge in [0.2, 0.25) is 0 Å². The number of carbonyl (C=O) groups is 1. The van der Waals surface area contributed by atoms with Crippen molar-refractivity contribution in [3.05, 3.63) is 0 Å². The van der Waals surface area contributed by atoms with Gasteiger partial charge in [0.1, 0.15) is 0 Å². The Morgan fingerprint density at radius 2 is 2.00 bits per heavy atom. The van der Waals surface area contributed by atoms with Gasteiger partial charge >= 0.3 is 0 Å². The van der Waals surface area contributed by atoms with Gasteiger partial charge in [-0.2, -0.15) is 12.6 Å². The van der Waals surface area contributed by atoms with E-state index in [9.17, 15) is 13.2 Å². The lowest BCUT2D eigenvalue weighted by atomic mass is 10.2. The number of sulfonamides is 1. The fourth-order valence-electron chi connectivity index (χ4n) is 1.07. The van der Waals surface area contributed by atoms with Crippen LogP contribution in [0, 0.1) is 0 Å². The molecule has 1 fully saturated rings. The molecule has 0 spiro atoms. The summed E-state index contributed by atoms with van der Waals surface area (Å²) in [7, 11) is -3.38. The highest BCUT2D eigenvalue weighted by Crippen LogP contribution is 2.34. The molecule has 0 bridgehead atoms. The zero-order valence-corrected chi connectivity index (χ0v) is 8.65. The SMILES string of the molecule is CC1(C)C(=O)N(CCS)S1(=O)=O. The summed E-state index contributed by atoms with van der Waals surface area (Å²) in [4.78, 5) is 11.2. The van der Waals surface area contributed by atoms with Crippen LogP contribution in [0.15, 0.2) is 0 Å². The average molecular weight is 209 g/mol. The van der Waals surface area contributed by atoms with E-state index in [-0.39, 0.29) is 12.5 Å². The molecule has 0 saturated carbocycles. The van der Waals surface area contributed by atoms with E-state index in [0.29, 0.717) is 5.75 Å². The summed E-state index contributed by atoms with van der Waals surface area (Å²) >= 11 is 3.86. The molecule has 0 aliphatic carbocycles. The summed E-state index contributed by atoms with van der Waals surface area (Å²) in [5.74, 6) is 0.0256. The molecule has 6 heteroatoms. The minimum absolute atomic E-state index is 0.174. The molecule has 0 radical (unpaired) electrons. The highest BCUT2D eigenvalue weighted by molar-refractivity contribution is 7.94. The van der Waals surface area contributed by atoms with E-state index in [1.807, 2.05) is 0 Å². The van der Waals surface area contributed by atoms with E-state index in [0.717, 1.165) is 4.31 Å². The lowest BCUT2D eigenvalue weighted by molar-refractivity contribution is -0.131. The molecule has 0 unspecified atom stereocenters. The monoisotopic (exact) mass is 209 g/mol. The highest BCUT2D eigenvalue weighted by atomic mass is 32.2. The van der Waals surface area contributed by atoms with E-state index in [1.54, 1.807) is 0 Å². The second-order valence-electron chi connectivity index (χ2n) is 3.12. The Morgan fingerprint density at radius 3 is 2.33 bits per heavy atom. The fraction of sp³-hybridized carbons (Fsp3) is 0.833. The third-order valence-corrected chi connectivity index (χ3v) is 4.57. The number of thiol groups is 1. The molecule has 1 amide bonds. The predicted molar refractivity (Wildman–Crippen MR) is 48.6 cm³/mol. The van der Waals surface area contributed by atoms with Crippen molar-refractivity contribution in [3.63, 3.8) is 0 Å². The topological polar surface area (TPSA) is 54.5 Å². The van der Waals surface area contributed by atoms with Crippen molar-refractivity contribution < 1.29 is 13.2 Å². The van der Waals surface area contributed by atoms with E-state index in [1.165, 1.54) is 13.8 Å². The first-order valence-electron chi connectivity index (χ1n) is 3.53. The molecular weight excluding hydrogens is 198 g/mol. The normalized spacial score (nSPS) is 25.2. The van der Waals surface area contributed by atoms with Crippen molar-refractivity contribution in [1.29, 1.82) is 0 Å². The number of amides is 1. The minimum Gasteiger partial charge on any atom is -0.272 e. The van der Waals surface area contributed by atoms with Crippen LogP contribution in [-0.4, -0.2) is 35.7 Å². The van der Waals surface area contributed by atoms with Crippen molar-refractivity contribution in [2.75, 3.05) is 12.3 Å². The summed E-state index contributed by atoms with van der Waals surface area (Å²) in [6.07, 6.45) is 0. The van der Waals surface area contributed by atoms with E-state index >= 15 is 0 Å². The molecule has 1 saturated heterocycles. The molecular formula is C6H11NO3S2. The van der Waals surface area contributed by atoms with Crippen LogP contribution >= 0.6 is 12.6 Å². The van der Waals surface area contributed by atoms with Crippen molar-refractivity contribution in [3.8, 4) is 0 Å². The number of carbonyl (C=O) groups excluding carboxylic acids is 1. The smallest absolute Gasteiger partial charge is 0.258 e. The van der Waals surface area contributed by atoms with Crippen LogP contribution in [0.2, 0.25) is 0 Å². The molecule has 0 aromatic rings. The van der Waals surface area contributed by atoms with Crippen molar-refractivity contribution in [2.24, 2.45) is 0 Å². The lowest BCUT2D eigenvalue weighted by Gasteiger charge is -2.42. The standard InChI is InChI=1S/C6H11NO3S2/c1-6(2)5(8)7(3-4-11)12(6,9)10/h11H,3-4H2,1-2H3. The van der Waals surface area contributed by atoms with Crippen LogP contribution in [0.5, 0.6) is 0 Å². The fourth-order valence-corrected chi connectivity index (χ4v) is 2.93. The quantitative estimate of drug-likeness (QED) is 0.644. The number of hydrogen-bond acceptors (Lipinski definition) is 4. The minimum atomic E-state index is -3.38. The zero-order chi connectivity index (χ0) is 9.57. The predicted octanol–water partition coefficient (Wildman–Crippen LogP) is -0.133. The van der Waals surface area contributed by atoms with Gasteiger partial charge in [-0.1, -0.05) is 0 Å². The third-order valence-electron chi connectivity index (χ3n) is 1.98. The second-order valence-corrected chi connectivity index (χ2v) is 5.97. The Balaban J connectivity index is 2.94. The molecule has 1 heterocycles. The van der Waals surface area contributed by atoms with Gasteiger partial charge in [0.15, 0.2) is 4.75 Å². The average Bonchev–Trinajstić information content (AvgIpc) is 1.98. The van der Waals surface area contributed by atoms with Gasteiger partial charge in [0, 0.05) is 12.3 Å². The van der Waals surface area contributed by atoms with Crippen molar-refractivity contribution in [2.45, 2.75) is 18.6 Å². The molecule has 0 N–H and O–H groups in total. The molecule has 12 heavy (non-hydrogen) atoms. The molecule has 0 aromatic heterocycles. The molecule has 0 atom stereocenters. The number of hydrogen-bond donors (Lipinski definition) is 1. The van der Waals surface area contributed by atoms with Crippen LogP contribution in [0.25, 0.3) is 0 Å². The van der Waals surface area contributed by atoms with Gasteiger partial charge in [0.25, 0.3) is 15.9 Å². The maximum atomic E-state index is 11.3. The Morgan fingerprint density at radius 1 is 1.50 bits per heavy atom. The highest BCUT2D eigenvalue weighted by Gasteiger charge is 2.59. The first-order valence-corrected chi connectivity index (χ1v) is 5.60. The molecule has 1 aliphatic heterocycles. The van der Waals surface area contributed by atoms with Crippen molar-refractivity contribution >= 4 is 28.6 Å². The van der Waals surface area contributed by atoms with Crippen LogP contribution < -0.4 is 0 Å².